The Morgan fingerprint density at radius 1 is 1.37 bits per heavy atom. The summed E-state index contributed by atoms with van der Waals surface area (Å²) in [6.07, 6.45) is -4.03. The number of H-pyrrole nitrogens is 1. The lowest BCUT2D eigenvalue weighted by Crippen LogP contribution is -2.38. The van der Waals surface area contributed by atoms with E-state index in [0.29, 0.717) is 0 Å². The molecule has 0 spiro atoms. The number of hydrogen-bond acceptors (Lipinski definition) is 7. The maximum Gasteiger partial charge on any atom is 0.330 e. The van der Waals surface area contributed by atoms with E-state index in [-0.39, 0.29) is 11.8 Å². The Morgan fingerprint density at radius 3 is 2.58 bits per heavy atom. The zero-order chi connectivity index (χ0) is 14.2. The normalized spacial score (nSPS) is 30.5. The molecule has 1 aliphatic rings. The van der Waals surface area contributed by atoms with Gasteiger partial charge in [-0.25, -0.2) is 4.79 Å². The van der Waals surface area contributed by atoms with Crippen LogP contribution in [0.1, 0.15) is 16.6 Å². The van der Waals surface area contributed by atoms with Crippen molar-refractivity contribution in [1.29, 1.82) is 0 Å². The molecule has 0 unspecified atom stereocenters. The molecule has 0 bridgehead atoms. The van der Waals surface area contributed by atoms with E-state index >= 15 is 0 Å². The average Bonchev–Trinajstić information content (AvgIpc) is 2.67. The van der Waals surface area contributed by atoms with Crippen molar-refractivity contribution < 1.29 is 24.9 Å². The molecule has 104 valence electrons. The first kappa shape index (κ1) is 13.6. The monoisotopic (exact) mass is 272 g/mol. The fourth-order valence-electron chi connectivity index (χ4n) is 1.88. The number of aromatic amines is 1. The van der Waals surface area contributed by atoms with E-state index in [1.54, 1.807) is 0 Å². The lowest BCUT2D eigenvalue weighted by molar-refractivity contribution is -0.0550. The van der Waals surface area contributed by atoms with E-state index in [1.807, 2.05) is 4.98 Å². The number of ether oxygens (including phenoxy) is 1. The molecule has 0 saturated carbocycles. The van der Waals surface area contributed by atoms with Gasteiger partial charge in [0.1, 0.15) is 18.3 Å². The van der Waals surface area contributed by atoms with Crippen LogP contribution in [0.5, 0.6) is 0 Å². The van der Waals surface area contributed by atoms with Crippen molar-refractivity contribution in [1.82, 2.24) is 9.55 Å². The van der Waals surface area contributed by atoms with Gasteiger partial charge in [0, 0.05) is 6.20 Å². The Labute approximate surface area is 105 Å². The van der Waals surface area contributed by atoms with Crippen LogP contribution in [-0.2, 0) is 4.74 Å². The number of nitrogens with zero attached hydrogens (tertiary/aromatic N) is 1. The van der Waals surface area contributed by atoms with E-state index in [0.717, 1.165) is 10.8 Å². The quantitative estimate of drug-likeness (QED) is 0.428. The lowest BCUT2D eigenvalue weighted by atomic mass is 10.1. The highest BCUT2D eigenvalue weighted by molar-refractivity contribution is 5.73. The van der Waals surface area contributed by atoms with Crippen molar-refractivity contribution >= 4 is 6.29 Å². The van der Waals surface area contributed by atoms with Crippen molar-refractivity contribution in [2.24, 2.45) is 0 Å². The molecular weight excluding hydrogens is 260 g/mol. The zero-order valence-corrected chi connectivity index (χ0v) is 9.59. The Kier molecular flexibility index (Phi) is 3.62. The third-order valence-electron chi connectivity index (χ3n) is 2.91. The number of aliphatic hydroxyl groups is 3. The van der Waals surface area contributed by atoms with Crippen LogP contribution in [0.2, 0.25) is 0 Å². The number of carbonyl (C=O) groups excluding carboxylic acids is 1. The first-order valence-electron chi connectivity index (χ1n) is 5.42. The van der Waals surface area contributed by atoms with Crippen molar-refractivity contribution in [2.45, 2.75) is 24.5 Å². The van der Waals surface area contributed by atoms with Gasteiger partial charge in [-0.1, -0.05) is 0 Å². The summed E-state index contributed by atoms with van der Waals surface area (Å²) >= 11 is 0. The molecule has 4 atom stereocenters. The minimum Gasteiger partial charge on any atom is -0.394 e. The second-order valence-corrected chi connectivity index (χ2v) is 4.10. The molecule has 0 aliphatic carbocycles. The summed E-state index contributed by atoms with van der Waals surface area (Å²) in [6, 6.07) is 0. The fourth-order valence-corrected chi connectivity index (χ4v) is 1.88. The second-order valence-electron chi connectivity index (χ2n) is 4.10. The number of carbonyl (C=O) groups is 1. The lowest BCUT2D eigenvalue weighted by Gasteiger charge is -2.17. The van der Waals surface area contributed by atoms with E-state index < -0.39 is 42.4 Å². The summed E-state index contributed by atoms with van der Waals surface area (Å²) in [5.74, 6) is 0. The topological polar surface area (TPSA) is 142 Å². The van der Waals surface area contributed by atoms with Gasteiger partial charge in [-0.05, 0) is 0 Å². The maximum atomic E-state index is 11.6. The van der Waals surface area contributed by atoms with Gasteiger partial charge in [0.25, 0.3) is 5.56 Å². The highest BCUT2D eigenvalue weighted by Gasteiger charge is 2.43. The van der Waals surface area contributed by atoms with E-state index in [4.69, 9.17) is 9.84 Å². The molecule has 19 heavy (non-hydrogen) atoms. The zero-order valence-electron chi connectivity index (χ0n) is 9.59. The Bertz CT molecular complexity index is 592. The standard InChI is InChI=1S/C10H12N2O7/c13-2-4-1-12(10(18)11-8(4)17)9-7(16)6(15)5(3-14)19-9/h1-2,5-7,9,14-16H,3H2,(H,11,17,18)/t5-,6-,7-,9-/m0/s1. The number of hydrogen-bond donors (Lipinski definition) is 4. The van der Waals surface area contributed by atoms with Gasteiger partial charge in [0.2, 0.25) is 0 Å². The molecule has 1 aromatic heterocycles. The highest BCUT2D eigenvalue weighted by Crippen LogP contribution is 2.27. The first-order chi connectivity index (χ1) is 8.99. The molecule has 0 radical (unpaired) electrons. The number of aliphatic hydroxyl groups excluding tert-OH is 3. The van der Waals surface area contributed by atoms with Crippen LogP contribution in [0.4, 0.5) is 0 Å². The van der Waals surface area contributed by atoms with Gasteiger partial charge >= 0.3 is 5.69 Å². The van der Waals surface area contributed by atoms with Crippen molar-refractivity contribution in [3.63, 3.8) is 0 Å². The van der Waals surface area contributed by atoms with E-state index in [9.17, 15) is 24.6 Å². The molecule has 1 aromatic rings. The second kappa shape index (κ2) is 5.05. The fraction of sp³-hybridized carbons (Fsp3) is 0.500. The summed E-state index contributed by atoms with van der Waals surface area (Å²) in [5.41, 5.74) is -2.08. The van der Waals surface area contributed by atoms with Crippen molar-refractivity contribution in [3.8, 4) is 0 Å². The molecule has 2 heterocycles. The number of aldehydes is 1. The molecule has 1 aliphatic heterocycles. The SMILES string of the molecule is O=Cc1cn([C@H]2O[C@@H](CO)[C@H](O)[C@@H]2O)c(=O)[nH]c1=O. The predicted octanol–water partition coefficient (Wildman–Crippen LogP) is -3.04. The molecule has 9 heteroatoms. The largest absolute Gasteiger partial charge is 0.394 e. The molecule has 4 N–H and O–H groups in total. The molecule has 0 aromatic carbocycles. The van der Waals surface area contributed by atoms with Gasteiger partial charge < -0.3 is 20.1 Å². The van der Waals surface area contributed by atoms with Gasteiger partial charge in [-0.3, -0.25) is 19.1 Å². The van der Waals surface area contributed by atoms with Crippen LogP contribution < -0.4 is 11.2 Å². The number of aromatic nitrogens is 2. The number of rotatable bonds is 3. The minimum absolute atomic E-state index is 0.246. The molecule has 2 rings (SSSR count). The third-order valence-corrected chi connectivity index (χ3v) is 2.91. The number of nitrogens with one attached hydrogen (secondary N) is 1. The van der Waals surface area contributed by atoms with Crippen LogP contribution in [0.15, 0.2) is 15.8 Å². The van der Waals surface area contributed by atoms with Crippen LogP contribution in [0.3, 0.4) is 0 Å². The Morgan fingerprint density at radius 2 is 2.05 bits per heavy atom. The first-order valence-corrected chi connectivity index (χ1v) is 5.42. The van der Waals surface area contributed by atoms with Crippen LogP contribution >= 0.6 is 0 Å². The highest BCUT2D eigenvalue weighted by atomic mass is 16.6. The van der Waals surface area contributed by atoms with Crippen molar-refractivity contribution in [3.05, 3.63) is 32.6 Å². The van der Waals surface area contributed by atoms with Gasteiger partial charge in [0.15, 0.2) is 12.5 Å². The smallest absolute Gasteiger partial charge is 0.330 e. The minimum atomic E-state index is -1.47. The summed E-state index contributed by atoms with van der Waals surface area (Å²) in [4.78, 5) is 35.3. The molecule has 0 amide bonds. The van der Waals surface area contributed by atoms with Gasteiger partial charge in [-0.2, -0.15) is 0 Å². The Balaban J connectivity index is 2.46. The van der Waals surface area contributed by atoms with Gasteiger partial charge in [-0.15, -0.1) is 0 Å². The summed E-state index contributed by atoms with van der Waals surface area (Å²) in [7, 11) is 0. The van der Waals surface area contributed by atoms with Gasteiger partial charge in [0.05, 0.1) is 12.2 Å². The van der Waals surface area contributed by atoms with Crippen LogP contribution in [0, 0.1) is 0 Å². The Hall–Kier alpha value is -1.81. The molecule has 1 fully saturated rings. The summed E-state index contributed by atoms with van der Waals surface area (Å²) < 4.78 is 5.90. The summed E-state index contributed by atoms with van der Waals surface area (Å²) in [6.45, 7) is -0.548. The van der Waals surface area contributed by atoms with Crippen LogP contribution in [0.25, 0.3) is 0 Å². The van der Waals surface area contributed by atoms with E-state index in [2.05, 4.69) is 0 Å². The van der Waals surface area contributed by atoms with E-state index in [1.165, 1.54) is 0 Å². The third kappa shape index (κ3) is 2.24. The average molecular weight is 272 g/mol. The molecular formula is C10H12N2O7. The summed E-state index contributed by atoms with van der Waals surface area (Å²) in [5, 5.41) is 28.2. The molecule has 1 saturated heterocycles. The predicted molar refractivity (Wildman–Crippen MR) is 59.7 cm³/mol. The van der Waals surface area contributed by atoms with Crippen LogP contribution in [-0.4, -0.2) is 56.1 Å². The maximum absolute atomic E-state index is 11.6. The molecule has 9 nitrogen and oxygen atoms in total. The van der Waals surface area contributed by atoms with Crippen molar-refractivity contribution in [2.75, 3.05) is 6.61 Å².